The molecule has 0 spiro atoms. The van der Waals surface area contributed by atoms with Gasteiger partial charge in [-0.05, 0) is 104 Å². The van der Waals surface area contributed by atoms with Gasteiger partial charge in [-0.1, -0.05) is 153 Å². The van der Waals surface area contributed by atoms with E-state index in [0.29, 0.717) is 39.4 Å². The Kier molecular flexibility index (Phi) is 26.3. The summed E-state index contributed by atoms with van der Waals surface area (Å²) in [5.74, 6) is 0.587. The molecule has 3 unspecified atom stereocenters. The van der Waals surface area contributed by atoms with E-state index in [9.17, 15) is 38.5 Å². The highest BCUT2D eigenvalue weighted by atomic mass is 35.7. The lowest BCUT2D eigenvalue weighted by Gasteiger charge is -2.24. The number of fused-ring (bicyclic) bond motifs is 4. The Labute approximate surface area is 547 Å². The van der Waals surface area contributed by atoms with Crippen molar-refractivity contribution in [1.82, 2.24) is 34.7 Å². The third-order valence-electron chi connectivity index (χ3n) is 13.7. The van der Waals surface area contributed by atoms with Gasteiger partial charge in [0.05, 0.1) is 20.7 Å². The number of ether oxygens (including phenoxy) is 1. The maximum Gasteiger partial charge on any atom is 0.408 e. The number of hydrogen-bond acceptors (Lipinski definition) is 15. The van der Waals surface area contributed by atoms with Gasteiger partial charge < -0.3 is 15.8 Å². The van der Waals surface area contributed by atoms with Crippen molar-refractivity contribution < 1.29 is 47.8 Å². The van der Waals surface area contributed by atoms with Crippen LogP contribution in [0.4, 0.5) is 4.79 Å². The van der Waals surface area contributed by atoms with E-state index in [4.69, 9.17) is 25.7 Å². The van der Waals surface area contributed by atoms with Crippen LogP contribution in [0.5, 0.6) is 0 Å². The summed E-state index contributed by atoms with van der Waals surface area (Å²) in [6.45, 7) is 10.5. The van der Waals surface area contributed by atoms with E-state index in [1.807, 2.05) is 91.9 Å². The minimum atomic E-state index is -4.16. The molecule has 0 aliphatic rings. The Bertz CT molecular complexity index is 4570. The summed E-state index contributed by atoms with van der Waals surface area (Å²) < 4.78 is 115. The van der Waals surface area contributed by atoms with Crippen LogP contribution in [0.3, 0.4) is 0 Å². The summed E-state index contributed by atoms with van der Waals surface area (Å²) >= 11 is 0. The molecule has 0 radical (unpaired) electrons. The average molecular weight is 1360 g/mol. The standard InChI is InChI=1S/C22H25N3O4S.C18H18N2O2S.C9H6ClNO2S.C9H7NO3S.C9H13N.ClH/c1-22(2,3)29-21(26)25-19(16-8-5-4-6-9-16)15-24-30(27,28)20-11-7-10-17-14-23-13-12-18(17)20;1-14(15-6-3-2-4-7-15)12-20-23(21,22)18-9-5-8-16-13-19-11-10-17(16)18;10-14(12,13)9-3-1-2-7-6-11-5-4-8(7)9;11-14(12,13)9-3-1-2-7-6-10-5-4-8(7)9;1-8(7-10)9-5-3-2-4-6-9;/h4-14,19,24H,15H2,1-3H3,(H,25,26);2-11,13-14,20H,12H2,1H3;1-6H;1-6H,(H,11,12,13);2-6,8H,7,10H2,1H3;1H. The zero-order valence-electron chi connectivity index (χ0n) is 50.7. The van der Waals surface area contributed by atoms with Crippen molar-refractivity contribution in [2.45, 2.75) is 77.7 Å². The smallest absolute Gasteiger partial charge is 0.408 e. The molecule has 92 heavy (non-hydrogen) atoms. The maximum atomic E-state index is 13.0. The molecule has 25 heteroatoms. The molecule has 4 aromatic heterocycles. The van der Waals surface area contributed by atoms with Crippen molar-refractivity contribution in [2.24, 2.45) is 5.73 Å². The second-order valence-corrected chi connectivity index (χ2v) is 28.9. The first-order valence-corrected chi connectivity index (χ1v) is 35.0. The Morgan fingerprint density at radius 3 is 1.18 bits per heavy atom. The zero-order valence-corrected chi connectivity index (χ0v) is 55.5. The number of rotatable bonds is 15. The Morgan fingerprint density at radius 1 is 0.478 bits per heavy atom. The van der Waals surface area contributed by atoms with E-state index < -0.39 is 57.0 Å². The molecule has 0 saturated heterocycles. The van der Waals surface area contributed by atoms with E-state index in [0.717, 1.165) is 33.8 Å². The molecule has 0 aliphatic carbocycles. The molecule has 19 nitrogen and oxygen atoms in total. The summed E-state index contributed by atoms with van der Waals surface area (Å²) in [5, 5.41) is 8.07. The van der Waals surface area contributed by atoms with Crippen molar-refractivity contribution >= 4 is 111 Å². The predicted octanol–water partition coefficient (Wildman–Crippen LogP) is 12.9. The fourth-order valence-electron chi connectivity index (χ4n) is 9.07. The van der Waals surface area contributed by atoms with Gasteiger partial charge in [0, 0.05) is 116 Å². The number of carbonyl (C=O) groups is 1. The number of carbonyl (C=O) groups excluding carboxylic acids is 1. The maximum absolute atomic E-state index is 13.0. The first-order valence-electron chi connectivity index (χ1n) is 28.3. The van der Waals surface area contributed by atoms with Crippen LogP contribution in [-0.2, 0) is 44.0 Å². The SMILES string of the molecule is CC(C)(C)OC(=O)NC(CNS(=O)(=O)c1cccc2cnccc12)c1ccccc1.CC(CN)c1ccccc1.CC(CNS(=O)(=O)c1cccc2cnccc12)c1ccccc1.Cl.O=S(=O)(Cl)c1cccc2cnccc12.O=S(=O)(O)c1cccc2cnccc12. The fourth-order valence-corrected chi connectivity index (χ4v) is 13.5. The fraction of sp³-hybridized carbons (Fsp3) is 0.179. The van der Waals surface area contributed by atoms with Crippen molar-refractivity contribution in [3.05, 3.63) is 254 Å². The number of benzene rings is 7. The summed E-state index contributed by atoms with van der Waals surface area (Å²) in [4.78, 5) is 28.6. The molecular formula is C67H70Cl2N8O11S4. The number of amides is 1. The summed E-state index contributed by atoms with van der Waals surface area (Å²) in [7, 11) is -9.95. The van der Waals surface area contributed by atoms with Gasteiger partial charge in [-0.25, -0.2) is 39.5 Å². The monoisotopic (exact) mass is 1360 g/mol. The van der Waals surface area contributed by atoms with Crippen LogP contribution in [0.2, 0.25) is 0 Å². The number of nitrogens with one attached hydrogen (secondary N) is 3. The normalized spacial score (nSPS) is 12.5. The zero-order chi connectivity index (χ0) is 65.8. The number of halogens is 2. The van der Waals surface area contributed by atoms with Gasteiger partial charge in [-0.2, -0.15) is 8.42 Å². The molecule has 4 heterocycles. The summed E-state index contributed by atoms with van der Waals surface area (Å²) in [6, 6.07) is 55.1. The Balaban J connectivity index is 0.000000192. The van der Waals surface area contributed by atoms with Crippen molar-refractivity contribution in [2.75, 3.05) is 19.6 Å². The first kappa shape index (κ1) is 72.7. The van der Waals surface area contributed by atoms with Crippen molar-refractivity contribution in [3.63, 3.8) is 0 Å². The van der Waals surface area contributed by atoms with E-state index in [-0.39, 0.29) is 44.5 Å². The van der Waals surface area contributed by atoms with E-state index >= 15 is 0 Å². The lowest BCUT2D eigenvalue weighted by Crippen LogP contribution is -2.40. The highest BCUT2D eigenvalue weighted by molar-refractivity contribution is 8.14. The van der Waals surface area contributed by atoms with Gasteiger partial charge in [-0.3, -0.25) is 24.5 Å². The number of nitrogens with two attached hydrogens (primary N) is 1. The van der Waals surface area contributed by atoms with Gasteiger partial charge in [0.25, 0.3) is 19.2 Å². The van der Waals surface area contributed by atoms with Crippen molar-refractivity contribution in [1.29, 1.82) is 0 Å². The summed E-state index contributed by atoms with van der Waals surface area (Å²) in [6.07, 6.45) is 12.0. The highest BCUT2D eigenvalue weighted by Gasteiger charge is 2.25. The largest absolute Gasteiger partial charge is 0.444 e. The highest BCUT2D eigenvalue weighted by Crippen LogP contribution is 2.27. The van der Waals surface area contributed by atoms with Gasteiger partial charge >= 0.3 is 6.09 Å². The van der Waals surface area contributed by atoms with Crippen LogP contribution < -0.4 is 20.5 Å². The van der Waals surface area contributed by atoms with E-state index in [1.165, 1.54) is 30.1 Å². The van der Waals surface area contributed by atoms with Gasteiger partial charge in [0.15, 0.2) is 0 Å². The molecule has 11 rings (SSSR count). The lowest BCUT2D eigenvalue weighted by atomic mass is 10.0. The molecular weight excluding hydrogens is 1290 g/mol. The number of alkyl carbamates (subject to hydrolysis) is 1. The number of hydrogen-bond donors (Lipinski definition) is 5. The predicted molar refractivity (Wildman–Crippen MR) is 365 cm³/mol. The number of pyridine rings is 4. The van der Waals surface area contributed by atoms with Gasteiger partial charge in [0.2, 0.25) is 20.0 Å². The molecule has 0 aliphatic heterocycles. The first-order chi connectivity index (χ1) is 43.3. The van der Waals surface area contributed by atoms with Crippen LogP contribution >= 0.6 is 23.1 Å². The third kappa shape index (κ3) is 21.1. The number of sulfonamides is 2. The molecule has 3 atom stereocenters. The van der Waals surface area contributed by atoms with Crippen LogP contribution in [0.15, 0.2) is 257 Å². The molecule has 0 bridgehead atoms. The second kappa shape index (κ2) is 33.3. The van der Waals surface area contributed by atoms with Gasteiger partial charge in [0.1, 0.15) is 10.5 Å². The van der Waals surface area contributed by atoms with E-state index in [1.54, 1.807) is 137 Å². The Morgan fingerprint density at radius 2 is 0.815 bits per heavy atom. The topological polar surface area (TPSA) is 297 Å². The van der Waals surface area contributed by atoms with Crippen LogP contribution in [-0.4, -0.2) is 89.5 Å². The van der Waals surface area contributed by atoms with Gasteiger partial charge in [-0.15, -0.1) is 12.4 Å². The lowest BCUT2D eigenvalue weighted by molar-refractivity contribution is 0.0504. The quantitative estimate of drug-likeness (QED) is 0.0471. The minimum absolute atomic E-state index is 0. The molecule has 482 valence electrons. The number of aromatic nitrogens is 4. The molecule has 11 aromatic rings. The molecule has 6 N–H and O–H groups in total. The summed E-state index contributed by atoms with van der Waals surface area (Å²) in [5.41, 5.74) is 8.03. The van der Waals surface area contributed by atoms with Crippen LogP contribution in [0.1, 0.15) is 69.2 Å². The molecule has 1 amide bonds. The molecule has 0 fully saturated rings. The van der Waals surface area contributed by atoms with E-state index in [2.05, 4.69) is 53.8 Å². The van der Waals surface area contributed by atoms with Crippen molar-refractivity contribution in [3.8, 4) is 0 Å². The minimum Gasteiger partial charge on any atom is -0.444 e. The number of nitrogens with zero attached hydrogens (tertiary/aromatic N) is 4. The second-order valence-electron chi connectivity index (χ2n) is 21.5. The molecule has 0 saturated carbocycles. The average Bonchev–Trinajstić information content (AvgIpc) is 0.890. The third-order valence-corrected chi connectivity index (χ3v) is 19.0. The Hall–Kier alpha value is -8.33. The van der Waals surface area contributed by atoms with Crippen LogP contribution in [0, 0.1) is 0 Å². The van der Waals surface area contributed by atoms with Crippen LogP contribution in [0.25, 0.3) is 43.1 Å². The molecule has 7 aromatic carbocycles.